The molecule has 16 heavy (non-hydrogen) atoms. The van der Waals surface area contributed by atoms with Gasteiger partial charge >= 0.3 is 0 Å². The molecule has 2 nitrogen and oxygen atoms in total. The highest BCUT2D eigenvalue weighted by Gasteiger charge is 2.05. The second kappa shape index (κ2) is 6.28. The lowest BCUT2D eigenvalue weighted by atomic mass is 10.0. The molecule has 0 aliphatic heterocycles. The Labute approximate surface area is 95.9 Å². The van der Waals surface area contributed by atoms with Crippen LogP contribution in [0.5, 0.6) is 5.75 Å². The average molecular weight is 223 g/mol. The molecule has 0 spiro atoms. The second-order valence-corrected chi connectivity index (χ2v) is 3.77. The third-order valence-corrected chi connectivity index (χ3v) is 2.32. The maximum Gasteiger partial charge on any atom is 0.127 e. The molecule has 0 radical (unpaired) electrons. The topological polar surface area (TPSA) is 35.2 Å². The fraction of sp³-hybridized carbons (Fsp3) is 0.385. The summed E-state index contributed by atoms with van der Waals surface area (Å²) < 4.78 is 18.6. The first kappa shape index (κ1) is 12.7. The molecular weight excluding hydrogens is 205 g/mol. The van der Waals surface area contributed by atoms with E-state index in [-0.39, 0.29) is 11.9 Å². The summed E-state index contributed by atoms with van der Waals surface area (Å²) in [5.41, 5.74) is 6.69. The van der Waals surface area contributed by atoms with Crippen LogP contribution in [0.3, 0.4) is 0 Å². The fourth-order valence-electron chi connectivity index (χ4n) is 1.42. The second-order valence-electron chi connectivity index (χ2n) is 3.77. The minimum Gasteiger partial charge on any atom is -0.489 e. The Morgan fingerprint density at radius 1 is 1.50 bits per heavy atom. The maximum absolute atomic E-state index is 13.3. The zero-order valence-corrected chi connectivity index (χ0v) is 9.58. The molecule has 1 unspecified atom stereocenters. The Morgan fingerprint density at radius 2 is 2.25 bits per heavy atom. The van der Waals surface area contributed by atoms with Gasteiger partial charge in [-0.2, -0.15) is 0 Å². The molecule has 88 valence electrons. The summed E-state index contributed by atoms with van der Waals surface area (Å²) in [6, 6.07) is 4.75. The molecule has 0 aliphatic rings. The van der Waals surface area contributed by atoms with E-state index in [9.17, 15) is 4.39 Å². The number of rotatable bonds is 6. The van der Waals surface area contributed by atoms with E-state index >= 15 is 0 Å². The standard InChI is InChI=1S/C13H18FNO/c1-3-5-16-13-8-10(6-11(14)9-13)7-12(15)4-2/h3,6,8-9,12H,1,4-5,7,15H2,2H3. The van der Waals surface area contributed by atoms with Crippen molar-refractivity contribution in [1.82, 2.24) is 0 Å². The van der Waals surface area contributed by atoms with E-state index < -0.39 is 0 Å². The van der Waals surface area contributed by atoms with Gasteiger partial charge < -0.3 is 10.5 Å². The molecule has 0 fully saturated rings. The van der Waals surface area contributed by atoms with Crippen molar-refractivity contribution in [3.63, 3.8) is 0 Å². The van der Waals surface area contributed by atoms with Crippen LogP contribution in [0, 0.1) is 5.82 Å². The lowest BCUT2D eigenvalue weighted by Gasteiger charge is -2.10. The van der Waals surface area contributed by atoms with E-state index in [1.54, 1.807) is 6.08 Å². The van der Waals surface area contributed by atoms with Crippen LogP contribution in [-0.4, -0.2) is 12.6 Å². The van der Waals surface area contributed by atoms with Crippen LogP contribution in [0.1, 0.15) is 18.9 Å². The summed E-state index contributed by atoms with van der Waals surface area (Å²) in [6.07, 6.45) is 3.17. The zero-order chi connectivity index (χ0) is 12.0. The highest BCUT2D eigenvalue weighted by atomic mass is 19.1. The van der Waals surface area contributed by atoms with E-state index in [2.05, 4.69) is 6.58 Å². The summed E-state index contributed by atoms with van der Waals surface area (Å²) in [6.45, 7) is 5.93. The number of hydrogen-bond acceptors (Lipinski definition) is 2. The highest BCUT2D eigenvalue weighted by Crippen LogP contribution is 2.17. The van der Waals surface area contributed by atoms with Gasteiger partial charge in [-0.3, -0.25) is 0 Å². The minimum absolute atomic E-state index is 0.0639. The fourth-order valence-corrected chi connectivity index (χ4v) is 1.42. The molecule has 0 aromatic heterocycles. The quantitative estimate of drug-likeness (QED) is 0.752. The number of nitrogens with two attached hydrogens (primary N) is 1. The van der Waals surface area contributed by atoms with Gasteiger partial charge in [0, 0.05) is 12.1 Å². The van der Waals surface area contributed by atoms with Gasteiger partial charge in [0.1, 0.15) is 18.2 Å². The molecule has 0 saturated heterocycles. The van der Waals surface area contributed by atoms with Crippen LogP contribution in [0.2, 0.25) is 0 Å². The van der Waals surface area contributed by atoms with Gasteiger partial charge in [0.05, 0.1) is 0 Å². The zero-order valence-electron chi connectivity index (χ0n) is 9.58. The van der Waals surface area contributed by atoms with Crippen molar-refractivity contribution in [2.45, 2.75) is 25.8 Å². The lowest BCUT2D eigenvalue weighted by molar-refractivity contribution is 0.360. The Hall–Kier alpha value is -1.35. The van der Waals surface area contributed by atoms with Crippen molar-refractivity contribution < 1.29 is 9.13 Å². The number of halogens is 1. The molecule has 1 rings (SSSR count). The number of ether oxygens (including phenoxy) is 1. The number of benzene rings is 1. The van der Waals surface area contributed by atoms with Crippen LogP contribution < -0.4 is 10.5 Å². The third kappa shape index (κ3) is 4.03. The van der Waals surface area contributed by atoms with Crippen LogP contribution >= 0.6 is 0 Å². The molecule has 0 aliphatic carbocycles. The Morgan fingerprint density at radius 3 is 2.88 bits per heavy atom. The molecule has 1 aromatic rings. The molecule has 0 heterocycles. The first-order chi connectivity index (χ1) is 7.65. The maximum atomic E-state index is 13.3. The summed E-state index contributed by atoms with van der Waals surface area (Å²) >= 11 is 0. The Balaban J connectivity index is 2.76. The number of hydrogen-bond donors (Lipinski definition) is 1. The van der Waals surface area contributed by atoms with Gasteiger partial charge in [-0.15, -0.1) is 0 Å². The SMILES string of the molecule is C=CCOc1cc(F)cc(CC(N)CC)c1. The highest BCUT2D eigenvalue weighted by molar-refractivity contribution is 5.30. The molecule has 1 aromatic carbocycles. The average Bonchev–Trinajstić information content (AvgIpc) is 2.25. The smallest absolute Gasteiger partial charge is 0.127 e. The largest absolute Gasteiger partial charge is 0.489 e. The summed E-state index contributed by atoms with van der Waals surface area (Å²) in [5, 5.41) is 0. The predicted octanol–water partition coefficient (Wildman–Crippen LogP) is 2.67. The van der Waals surface area contributed by atoms with Gasteiger partial charge in [0.25, 0.3) is 0 Å². The van der Waals surface area contributed by atoms with Gasteiger partial charge in [-0.25, -0.2) is 4.39 Å². The first-order valence-corrected chi connectivity index (χ1v) is 5.44. The van der Waals surface area contributed by atoms with E-state index in [0.717, 1.165) is 12.0 Å². The molecule has 0 amide bonds. The van der Waals surface area contributed by atoms with Crippen molar-refractivity contribution in [2.24, 2.45) is 5.73 Å². The van der Waals surface area contributed by atoms with Crippen molar-refractivity contribution >= 4 is 0 Å². The first-order valence-electron chi connectivity index (χ1n) is 5.44. The van der Waals surface area contributed by atoms with Gasteiger partial charge in [0.15, 0.2) is 0 Å². The molecule has 3 heteroatoms. The van der Waals surface area contributed by atoms with Crippen molar-refractivity contribution in [3.8, 4) is 5.75 Å². The van der Waals surface area contributed by atoms with Crippen LogP contribution in [0.25, 0.3) is 0 Å². The van der Waals surface area contributed by atoms with Gasteiger partial charge in [0.2, 0.25) is 0 Å². The predicted molar refractivity (Wildman–Crippen MR) is 64.1 cm³/mol. The monoisotopic (exact) mass is 223 g/mol. The molecule has 2 N–H and O–H groups in total. The van der Waals surface area contributed by atoms with Crippen LogP contribution in [0.4, 0.5) is 4.39 Å². The van der Waals surface area contributed by atoms with Crippen molar-refractivity contribution in [2.75, 3.05) is 6.61 Å². The van der Waals surface area contributed by atoms with E-state index in [1.165, 1.54) is 12.1 Å². The Kier molecular flexibility index (Phi) is 4.99. The lowest BCUT2D eigenvalue weighted by Crippen LogP contribution is -2.21. The summed E-state index contributed by atoms with van der Waals surface area (Å²) in [4.78, 5) is 0. The third-order valence-electron chi connectivity index (χ3n) is 2.32. The van der Waals surface area contributed by atoms with E-state index in [4.69, 9.17) is 10.5 Å². The minimum atomic E-state index is -0.292. The molecule has 1 atom stereocenters. The van der Waals surface area contributed by atoms with Crippen LogP contribution in [0.15, 0.2) is 30.9 Å². The Bertz CT molecular complexity index is 352. The molecular formula is C13H18FNO. The summed E-state index contributed by atoms with van der Waals surface area (Å²) in [7, 11) is 0. The van der Waals surface area contributed by atoms with Crippen molar-refractivity contribution in [1.29, 1.82) is 0 Å². The summed E-state index contributed by atoms with van der Waals surface area (Å²) in [5.74, 6) is 0.234. The molecule has 0 bridgehead atoms. The molecule has 0 saturated carbocycles. The van der Waals surface area contributed by atoms with E-state index in [0.29, 0.717) is 18.8 Å². The van der Waals surface area contributed by atoms with Crippen LogP contribution in [-0.2, 0) is 6.42 Å². The van der Waals surface area contributed by atoms with Gasteiger partial charge in [-0.05, 0) is 30.5 Å². The van der Waals surface area contributed by atoms with Crippen molar-refractivity contribution in [3.05, 3.63) is 42.2 Å². The van der Waals surface area contributed by atoms with Gasteiger partial charge in [-0.1, -0.05) is 19.6 Å². The van der Waals surface area contributed by atoms with E-state index in [1.807, 2.05) is 13.0 Å². The normalized spacial score (nSPS) is 12.2.